The summed E-state index contributed by atoms with van der Waals surface area (Å²) in [6.07, 6.45) is -0.768. The summed E-state index contributed by atoms with van der Waals surface area (Å²) >= 11 is 0. The minimum absolute atomic E-state index is 0.238. The first-order valence-corrected chi connectivity index (χ1v) is 5.51. The van der Waals surface area contributed by atoms with Crippen molar-refractivity contribution < 1.29 is 19.0 Å². The molecule has 18 heavy (non-hydrogen) atoms. The number of carbonyl (C=O) groups excluding carboxylic acids is 1. The lowest BCUT2D eigenvalue weighted by Crippen LogP contribution is -2.23. The second-order valence-corrected chi connectivity index (χ2v) is 3.52. The van der Waals surface area contributed by atoms with Crippen molar-refractivity contribution in [3.63, 3.8) is 0 Å². The van der Waals surface area contributed by atoms with Crippen LogP contribution in [-0.4, -0.2) is 33.5 Å². The van der Waals surface area contributed by atoms with E-state index in [0.29, 0.717) is 13.1 Å². The molecule has 0 unspecified atom stereocenters. The molecule has 1 rings (SSSR count). The fraction of sp³-hybridized carbons (Fsp3) is 0.417. The van der Waals surface area contributed by atoms with Crippen LogP contribution >= 0.6 is 0 Å². The number of nitrogens with two attached hydrogens (primary N) is 1. The lowest BCUT2D eigenvalue weighted by molar-refractivity contribution is 0.157. The number of benzene rings is 1. The lowest BCUT2D eigenvalue weighted by Gasteiger charge is -2.11. The van der Waals surface area contributed by atoms with Gasteiger partial charge in [-0.25, -0.2) is 4.79 Å². The highest BCUT2D eigenvalue weighted by Gasteiger charge is 2.04. The van der Waals surface area contributed by atoms with E-state index in [1.54, 1.807) is 14.2 Å². The molecular formula is C12H18N2O4. The Kier molecular flexibility index (Phi) is 5.79. The monoisotopic (exact) mass is 254 g/mol. The predicted molar refractivity (Wildman–Crippen MR) is 66.8 cm³/mol. The Balaban J connectivity index is 2.47. The van der Waals surface area contributed by atoms with E-state index in [9.17, 15) is 4.79 Å². The molecule has 0 spiro atoms. The van der Waals surface area contributed by atoms with Crippen LogP contribution in [-0.2, 0) is 11.3 Å². The molecule has 0 aliphatic rings. The highest BCUT2D eigenvalue weighted by Crippen LogP contribution is 2.23. The topological polar surface area (TPSA) is 82.8 Å². The Bertz CT molecular complexity index is 396. The van der Waals surface area contributed by atoms with E-state index in [-0.39, 0.29) is 6.61 Å². The Labute approximate surface area is 106 Å². The first-order valence-electron chi connectivity index (χ1n) is 5.51. The number of hydrogen-bond acceptors (Lipinski definition) is 5. The third kappa shape index (κ3) is 4.50. The van der Waals surface area contributed by atoms with Crippen LogP contribution in [0.5, 0.6) is 11.5 Å². The molecule has 3 N–H and O–H groups in total. The van der Waals surface area contributed by atoms with E-state index >= 15 is 0 Å². The smallest absolute Gasteiger partial charge is 0.404 e. The molecule has 100 valence electrons. The fourth-order valence-electron chi connectivity index (χ4n) is 1.47. The van der Waals surface area contributed by atoms with Crippen LogP contribution < -0.4 is 20.5 Å². The Morgan fingerprint density at radius 2 is 2.11 bits per heavy atom. The summed E-state index contributed by atoms with van der Waals surface area (Å²) < 4.78 is 15.0. The van der Waals surface area contributed by atoms with Gasteiger partial charge in [-0.1, -0.05) is 0 Å². The van der Waals surface area contributed by atoms with Crippen molar-refractivity contribution in [1.29, 1.82) is 0 Å². The summed E-state index contributed by atoms with van der Waals surface area (Å²) in [5, 5.41) is 3.11. The van der Waals surface area contributed by atoms with Crippen molar-refractivity contribution in [2.45, 2.75) is 6.54 Å². The number of primary amides is 1. The van der Waals surface area contributed by atoms with Crippen molar-refractivity contribution in [3.05, 3.63) is 23.8 Å². The largest absolute Gasteiger partial charge is 0.497 e. The summed E-state index contributed by atoms with van der Waals surface area (Å²) in [6, 6.07) is 5.56. The molecule has 0 saturated carbocycles. The lowest BCUT2D eigenvalue weighted by atomic mass is 10.2. The van der Waals surface area contributed by atoms with E-state index in [1.807, 2.05) is 18.2 Å². The number of nitrogens with one attached hydrogen (secondary N) is 1. The van der Waals surface area contributed by atoms with Crippen molar-refractivity contribution >= 4 is 6.09 Å². The predicted octanol–water partition coefficient (Wildman–Crippen LogP) is 0.889. The molecule has 1 aromatic rings. The summed E-state index contributed by atoms with van der Waals surface area (Å²) in [5.41, 5.74) is 5.81. The average molecular weight is 254 g/mol. The molecular weight excluding hydrogens is 236 g/mol. The van der Waals surface area contributed by atoms with Gasteiger partial charge in [0.15, 0.2) is 0 Å². The summed E-state index contributed by atoms with van der Waals surface area (Å²) in [4.78, 5) is 10.4. The van der Waals surface area contributed by atoms with Gasteiger partial charge in [-0.3, -0.25) is 0 Å². The van der Waals surface area contributed by atoms with Gasteiger partial charge >= 0.3 is 6.09 Å². The molecule has 6 nitrogen and oxygen atoms in total. The number of carbonyl (C=O) groups is 1. The third-order valence-corrected chi connectivity index (χ3v) is 2.33. The normalized spacial score (nSPS) is 9.89. The summed E-state index contributed by atoms with van der Waals surface area (Å²) in [6.45, 7) is 1.34. The highest BCUT2D eigenvalue weighted by molar-refractivity contribution is 5.64. The van der Waals surface area contributed by atoms with Gasteiger partial charge in [-0.2, -0.15) is 0 Å². The number of amides is 1. The zero-order valence-corrected chi connectivity index (χ0v) is 10.6. The van der Waals surface area contributed by atoms with Gasteiger partial charge in [0.1, 0.15) is 18.1 Å². The molecule has 0 aliphatic heterocycles. The molecule has 0 aliphatic carbocycles. The van der Waals surface area contributed by atoms with E-state index in [1.165, 1.54) is 0 Å². The van der Waals surface area contributed by atoms with E-state index in [2.05, 4.69) is 10.1 Å². The van der Waals surface area contributed by atoms with Gasteiger partial charge in [0.05, 0.1) is 14.2 Å². The van der Waals surface area contributed by atoms with Gasteiger partial charge in [0.25, 0.3) is 0 Å². The van der Waals surface area contributed by atoms with Crippen LogP contribution in [0.1, 0.15) is 5.56 Å². The van der Waals surface area contributed by atoms with Gasteiger partial charge in [-0.05, 0) is 18.2 Å². The number of methoxy groups -OCH3 is 2. The van der Waals surface area contributed by atoms with Crippen LogP contribution in [0.15, 0.2) is 18.2 Å². The SMILES string of the molecule is COc1ccc(OC)c(CNCCOC(N)=O)c1. The first-order chi connectivity index (χ1) is 8.67. The highest BCUT2D eigenvalue weighted by atomic mass is 16.5. The van der Waals surface area contributed by atoms with Gasteiger partial charge in [-0.15, -0.1) is 0 Å². The van der Waals surface area contributed by atoms with E-state index in [4.69, 9.17) is 15.2 Å². The van der Waals surface area contributed by atoms with Crippen LogP contribution in [0.2, 0.25) is 0 Å². The maximum atomic E-state index is 10.4. The fourth-order valence-corrected chi connectivity index (χ4v) is 1.47. The number of hydrogen-bond donors (Lipinski definition) is 2. The minimum Gasteiger partial charge on any atom is -0.497 e. The van der Waals surface area contributed by atoms with Gasteiger partial charge < -0.3 is 25.3 Å². The third-order valence-electron chi connectivity index (χ3n) is 2.33. The average Bonchev–Trinajstić information content (AvgIpc) is 2.37. The van der Waals surface area contributed by atoms with Crippen LogP contribution in [0, 0.1) is 0 Å². The number of ether oxygens (including phenoxy) is 3. The molecule has 0 aromatic heterocycles. The second kappa shape index (κ2) is 7.39. The molecule has 0 fully saturated rings. The van der Waals surface area contributed by atoms with E-state index in [0.717, 1.165) is 17.1 Å². The molecule has 1 amide bonds. The molecule has 0 heterocycles. The molecule has 0 atom stereocenters. The first kappa shape index (κ1) is 14.1. The summed E-state index contributed by atoms with van der Waals surface area (Å²) in [5.74, 6) is 1.54. The minimum atomic E-state index is -0.768. The Hall–Kier alpha value is -1.95. The maximum absolute atomic E-state index is 10.4. The Morgan fingerprint density at radius 3 is 2.72 bits per heavy atom. The standard InChI is InChI=1S/C12H18N2O4/c1-16-10-3-4-11(17-2)9(7-10)8-14-5-6-18-12(13)15/h3-4,7,14H,5-6,8H2,1-2H3,(H2,13,15). The second-order valence-electron chi connectivity index (χ2n) is 3.52. The maximum Gasteiger partial charge on any atom is 0.404 e. The van der Waals surface area contributed by atoms with Crippen LogP contribution in [0.4, 0.5) is 4.79 Å². The van der Waals surface area contributed by atoms with Gasteiger partial charge in [0.2, 0.25) is 0 Å². The molecule has 6 heteroatoms. The van der Waals surface area contributed by atoms with Crippen LogP contribution in [0.25, 0.3) is 0 Å². The van der Waals surface area contributed by atoms with Crippen LogP contribution in [0.3, 0.4) is 0 Å². The molecule has 0 saturated heterocycles. The van der Waals surface area contributed by atoms with Crippen molar-refractivity contribution in [1.82, 2.24) is 5.32 Å². The van der Waals surface area contributed by atoms with Crippen molar-refractivity contribution in [2.24, 2.45) is 5.73 Å². The molecule has 0 radical (unpaired) electrons. The van der Waals surface area contributed by atoms with Gasteiger partial charge in [0, 0.05) is 18.7 Å². The molecule has 1 aromatic carbocycles. The Morgan fingerprint density at radius 1 is 1.33 bits per heavy atom. The quantitative estimate of drug-likeness (QED) is 0.706. The summed E-state index contributed by atoms with van der Waals surface area (Å²) in [7, 11) is 3.22. The van der Waals surface area contributed by atoms with E-state index < -0.39 is 6.09 Å². The van der Waals surface area contributed by atoms with Crippen molar-refractivity contribution in [2.75, 3.05) is 27.4 Å². The zero-order chi connectivity index (χ0) is 13.4. The van der Waals surface area contributed by atoms with Crippen molar-refractivity contribution in [3.8, 4) is 11.5 Å². The number of rotatable bonds is 7. The molecule has 0 bridgehead atoms. The zero-order valence-electron chi connectivity index (χ0n) is 10.6.